The molecule has 0 aromatic carbocycles. The Labute approximate surface area is 84.9 Å². The minimum atomic E-state index is 0.204. The number of nitrogens with one attached hydrogen (secondary N) is 1. The Morgan fingerprint density at radius 1 is 1.57 bits per heavy atom. The van der Waals surface area contributed by atoms with Gasteiger partial charge in [0.15, 0.2) is 0 Å². The summed E-state index contributed by atoms with van der Waals surface area (Å²) in [6.45, 7) is 3.10. The second-order valence-electron chi connectivity index (χ2n) is 3.09. The number of hydrogen-bond acceptors (Lipinski definition) is 3. The van der Waals surface area contributed by atoms with Gasteiger partial charge in [-0.2, -0.15) is 10.2 Å². The number of hydrogen-bond donors (Lipinski definition) is 1. The molecule has 1 aromatic rings. The van der Waals surface area contributed by atoms with Crippen molar-refractivity contribution in [3.05, 3.63) is 24.0 Å². The fraction of sp³-hybridized carbons (Fsp3) is 0.455. The smallest absolute Gasteiger partial charge is 0.0544 e. The lowest BCUT2D eigenvalue weighted by molar-refractivity contribution is 0.540. The molecule has 74 valence electrons. The monoisotopic (exact) mass is 189 g/mol. The second-order valence-corrected chi connectivity index (χ2v) is 3.09. The predicted octanol–water partition coefficient (Wildman–Crippen LogP) is 1.54. The van der Waals surface area contributed by atoms with Crippen molar-refractivity contribution in [1.82, 2.24) is 15.5 Å². The Kier molecular flexibility index (Phi) is 4.66. The Bertz CT molecular complexity index is 289. The third-order valence-corrected chi connectivity index (χ3v) is 1.97. The zero-order valence-electron chi connectivity index (χ0n) is 8.40. The van der Waals surface area contributed by atoms with E-state index in [1.165, 1.54) is 0 Å². The molecule has 0 bridgehead atoms. The van der Waals surface area contributed by atoms with Crippen LogP contribution in [0.4, 0.5) is 0 Å². The van der Waals surface area contributed by atoms with E-state index in [1.54, 1.807) is 12.4 Å². The number of aromatic nitrogens is 2. The molecule has 0 amide bonds. The molecular weight excluding hydrogens is 174 g/mol. The lowest BCUT2D eigenvalue weighted by Crippen LogP contribution is -2.21. The number of terminal acetylenes is 1. The van der Waals surface area contributed by atoms with Crippen LogP contribution in [0.2, 0.25) is 0 Å². The number of rotatable bonds is 5. The minimum absolute atomic E-state index is 0.204. The van der Waals surface area contributed by atoms with Crippen LogP contribution in [0, 0.1) is 12.3 Å². The van der Waals surface area contributed by atoms with Gasteiger partial charge in [0.25, 0.3) is 0 Å². The first-order valence-electron chi connectivity index (χ1n) is 4.82. The van der Waals surface area contributed by atoms with Gasteiger partial charge in [0.1, 0.15) is 0 Å². The quantitative estimate of drug-likeness (QED) is 0.714. The van der Waals surface area contributed by atoms with Crippen LogP contribution >= 0.6 is 0 Å². The van der Waals surface area contributed by atoms with Crippen molar-refractivity contribution in [3.8, 4) is 12.3 Å². The molecule has 0 aliphatic heterocycles. The summed E-state index contributed by atoms with van der Waals surface area (Å²) in [6.07, 6.45) is 10.5. The molecule has 0 saturated carbocycles. The maximum Gasteiger partial charge on any atom is 0.0544 e. The molecule has 1 aromatic heterocycles. The molecular formula is C11H15N3. The van der Waals surface area contributed by atoms with Crippen LogP contribution in [-0.2, 0) is 0 Å². The topological polar surface area (TPSA) is 37.8 Å². The zero-order chi connectivity index (χ0) is 10.2. The minimum Gasteiger partial charge on any atom is -0.309 e. The standard InChI is InChI=1S/C11H15N3/c1-3-5-11(12-7-4-2)10-6-8-13-14-9-10/h1,6,8-9,11-12H,4-5,7H2,2H3. The van der Waals surface area contributed by atoms with E-state index in [4.69, 9.17) is 6.42 Å². The van der Waals surface area contributed by atoms with Crippen molar-refractivity contribution in [2.24, 2.45) is 0 Å². The summed E-state index contributed by atoms with van der Waals surface area (Å²) in [4.78, 5) is 0. The molecule has 1 heterocycles. The third kappa shape index (κ3) is 3.15. The van der Waals surface area contributed by atoms with Crippen molar-refractivity contribution >= 4 is 0 Å². The van der Waals surface area contributed by atoms with E-state index < -0.39 is 0 Å². The molecule has 3 heteroatoms. The van der Waals surface area contributed by atoms with E-state index in [9.17, 15) is 0 Å². The van der Waals surface area contributed by atoms with Crippen LogP contribution in [0.25, 0.3) is 0 Å². The van der Waals surface area contributed by atoms with Crippen molar-refractivity contribution in [3.63, 3.8) is 0 Å². The van der Waals surface area contributed by atoms with E-state index in [2.05, 4.69) is 28.4 Å². The van der Waals surface area contributed by atoms with Crippen LogP contribution in [0.1, 0.15) is 31.4 Å². The lowest BCUT2D eigenvalue weighted by Gasteiger charge is -2.15. The molecule has 1 unspecified atom stereocenters. The van der Waals surface area contributed by atoms with Gasteiger partial charge in [-0.15, -0.1) is 12.3 Å². The van der Waals surface area contributed by atoms with Crippen molar-refractivity contribution in [2.75, 3.05) is 6.54 Å². The highest BCUT2D eigenvalue weighted by Gasteiger charge is 2.08. The highest BCUT2D eigenvalue weighted by molar-refractivity contribution is 5.13. The first kappa shape index (κ1) is 10.7. The van der Waals surface area contributed by atoms with Crippen LogP contribution in [0.15, 0.2) is 18.5 Å². The maximum atomic E-state index is 5.31. The van der Waals surface area contributed by atoms with Crippen LogP contribution in [0.3, 0.4) is 0 Å². The normalized spacial score (nSPS) is 12.0. The van der Waals surface area contributed by atoms with Crippen molar-refractivity contribution < 1.29 is 0 Å². The molecule has 0 radical (unpaired) electrons. The molecule has 0 spiro atoms. The fourth-order valence-corrected chi connectivity index (χ4v) is 1.25. The summed E-state index contributed by atoms with van der Waals surface area (Å²) < 4.78 is 0. The Morgan fingerprint density at radius 2 is 2.43 bits per heavy atom. The largest absolute Gasteiger partial charge is 0.309 e. The molecule has 3 nitrogen and oxygen atoms in total. The summed E-state index contributed by atoms with van der Waals surface area (Å²) in [5.41, 5.74) is 1.10. The number of nitrogens with zero attached hydrogens (tertiary/aromatic N) is 2. The van der Waals surface area contributed by atoms with Gasteiger partial charge in [0.2, 0.25) is 0 Å². The SMILES string of the molecule is C#CCC(NCCC)c1ccnnc1. The first-order valence-corrected chi connectivity index (χ1v) is 4.82. The third-order valence-electron chi connectivity index (χ3n) is 1.97. The molecule has 1 rings (SSSR count). The first-order chi connectivity index (χ1) is 6.88. The lowest BCUT2D eigenvalue weighted by atomic mass is 10.1. The summed E-state index contributed by atoms with van der Waals surface area (Å²) in [5.74, 6) is 2.66. The second kappa shape index (κ2) is 6.11. The van der Waals surface area contributed by atoms with Crippen LogP contribution < -0.4 is 5.32 Å². The summed E-state index contributed by atoms with van der Waals surface area (Å²) in [7, 11) is 0. The van der Waals surface area contributed by atoms with Crippen molar-refractivity contribution in [1.29, 1.82) is 0 Å². The van der Waals surface area contributed by atoms with Gasteiger partial charge in [-0.3, -0.25) is 0 Å². The predicted molar refractivity (Wildman–Crippen MR) is 56.5 cm³/mol. The van der Waals surface area contributed by atoms with E-state index in [0.29, 0.717) is 6.42 Å². The summed E-state index contributed by atoms with van der Waals surface area (Å²) in [6, 6.07) is 2.15. The van der Waals surface area contributed by atoms with Gasteiger partial charge in [-0.05, 0) is 24.6 Å². The molecule has 14 heavy (non-hydrogen) atoms. The zero-order valence-corrected chi connectivity index (χ0v) is 8.40. The van der Waals surface area contributed by atoms with Crippen LogP contribution in [0.5, 0.6) is 0 Å². The van der Waals surface area contributed by atoms with E-state index >= 15 is 0 Å². The van der Waals surface area contributed by atoms with E-state index in [0.717, 1.165) is 18.5 Å². The van der Waals surface area contributed by atoms with Gasteiger partial charge < -0.3 is 5.32 Å². The Morgan fingerprint density at radius 3 is 3.00 bits per heavy atom. The summed E-state index contributed by atoms with van der Waals surface area (Å²) >= 11 is 0. The molecule has 0 aliphatic carbocycles. The summed E-state index contributed by atoms with van der Waals surface area (Å²) in [5, 5.41) is 11.0. The Hall–Kier alpha value is -1.40. The highest BCUT2D eigenvalue weighted by Crippen LogP contribution is 2.13. The van der Waals surface area contributed by atoms with E-state index in [1.807, 2.05) is 6.07 Å². The molecule has 1 atom stereocenters. The van der Waals surface area contributed by atoms with Gasteiger partial charge in [-0.1, -0.05) is 6.92 Å². The van der Waals surface area contributed by atoms with Gasteiger partial charge in [0.05, 0.1) is 6.20 Å². The Balaban J connectivity index is 2.63. The molecule has 0 saturated heterocycles. The van der Waals surface area contributed by atoms with Crippen LogP contribution in [-0.4, -0.2) is 16.7 Å². The fourth-order valence-electron chi connectivity index (χ4n) is 1.25. The molecule has 0 aliphatic rings. The maximum absolute atomic E-state index is 5.31. The van der Waals surface area contributed by atoms with Gasteiger partial charge in [0, 0.05) is 18.7 Å². The molecule has 0 fully saturated rings. The van der Waals surface area contributed by atoms with E-state index in [-0.39, 0.29) is 6.04 Å². The average Bonchev–Trinajstić information content (AvgIpc) is 2.25. The van der Waals surface area contributed by atoms with Crippen molar-refractivity contribution in [2.45, 2.75) is 25.8 Å². The van der Waals surface area contributed by atoms with Gasteiger partial charge in [-0.25, -0.2) is 0 Å². The van der Waals surface area contributed by atoms with Gasteiger partial charge >= 0.3 is 0 Å². The average molecular weight is 189 g/mol. The highest BCUT2D eigenvalue weighted by atomic mass is 15.1. The molecule has 1 N–H and O–H groups in total.